The highest BCUT2D eigenvalue weighted by molar-refractivity contribution is 9.10. The fourth-order valence-corrected chi connectivity index (χ4v) is 2.60. The molecule has 0 radical (unpaired) electrons. The van der Waals surface area contributed by atoms with E-state index in [1.54, 1.807) is 30.3 Å². The molecule has 25 heavy (non-hydrogen) atoms. The van der Waals surface area contributed by atoms with Crippen molar-refractivity contribution in [1.29, 1.82) is 0 Å². The molecule has 0 atom stereocenters. The van der Waals surface area contributed by atoms with Crippen LogP contribution in [0.3, 0.4) is 0 Å². The third kappa shape index (κ3) is 4.22. The first-order valence-electron chi connectivity index (χ1n) is 7.54. The Labute approximate surface area is 151 Å². The maximum absolute atomic E-state index is 12.2. The van der Waals surface area contributed by atoms with Gasteiger partial charge in [0, 0.05) is 16.1 Å². The number of ether oxygens (including phenoxy) is 3. The fraction of sp³-hybridized carbons (Fsp3) is 0.235. The van der Waals surface area contributed by atoms with Gasteiger partial charge in [-0.05, 0) is 42.8 Å². The van der Waals surface area contributed by atoms with Crippen LogP contribution in [0.25, 0.3) is 0 Å². The lowest BCUT2D eigenvalue weighted by Gasteiger charge is -2.23. The molecule has 1 aliphatic rings. The number of benzene rings is 2. The van der Waals surface area contributed by atoms with Gasteiger partial charge in [0.1, 0.15) is 0 Å². The second-order valence-electron chi connectivity index (χ2n) is 5.31. The van der Waals surface area contributed by atoms with E-state index in [1.807, 2.05) is 0 Å². The summed E-state index contributed by atoms with van der Waals surface area (Å²) in [6, 6.07) is 10.8. The quantitative estimate of drug-likeness (QED) is 0.329. The van der Waals surface area contributed by atoms with Crippen molar-refractivity contribution in [2.24, 2.45) is 0 Å². The summed E-state index contributed by atoms with van der Waals surface area (Å²) in [5.74, 6) is -0.800. The van der Waals surface area contributed by atoms with Gasteiger partial charge in [-0.15, -0.1) is 0 Å². The molecule has 0 aliphatic carbocycles. The van der Waals surface area contributed by atoms with Crippen molar-refractivity contribution in [3.63, 3.8) is 0 Å². The topological polar surface area (TPSA) is 87.9 Å². The van der Waals surface area contributed by atoms with E-state index in [2.05, 4.69) is 15.9 Å². The summed E-state index contributed by atoms with van der Waals surface area (Å²) in [6.07, 6.45) is 0.130. The van der Waals surface area contributed by atoms with E-state index in [1.165, 1.54) is 12.1 Å². The van der Waals surface area contributed by atoms with Gasteiger partial charge in [-0.3, -0.25) is 10.1 Å². The number of hydrogen-bond donors (Lipinski definition) is 0. The van der Waals surface area contributed by atoms with Crippen LogP contribution in [0, 0.1) is 10.1 Å². The Morgan fingerprint density at radius 2 is 1.84 bits per heavy atom. The Kier molecular flexibility index (Phi) is 5.42. The third-order valence-corrected chi connectivity index (χ3v) is 4.09. The lowest BCUT2D eigenvalue weighted by atomic mass is 10.1. The van der Waals surface area contributed by atoms with Crippen molar-refractivity contribution in [2.45, 2.75) is 12.7 Å². The summed E-state index contributed by atoms with van der Waals surface area (Å²) >= 11 is 3.27. The average molecular weight is 408 g/mol. The van der Waals surface area contributed by atoms with Gasteiger partial charge in [0.15, 0.2) is 6.29 Å². The van der Waals surface area contributed by atoms with Gasteiger partial charge in [-0.25, -0.2) is 4.79 Å². The molecule has 1 fully saturated rings. The smallest absolute Gasteiger partial charge is 0.343 e. The Balaban J connectivity index is 1.83. The second-order valence-corrected chi connectivity index (χ2v) is 6.22. The number of carbonyl (C=O) groups is 1. The third-order valence-electron chi connectivity index (χ3n) is 3.56. The van der Waals surface area contributed by atoms with Crippen molar-refractivity contribution >= 4 is 27.6 Å². The minimum Gasteiger partial charge on any atom is -0.416 e. The zero-order chi connectivity index (χ0) is 17.8. The summed E-state index contributed by atoms with van der Waals surface area (Å²) in [6.45, 7) is 1.05. The standard InChI is InChI=1S/C17H14BrNO6/c18-13-5-2-11(3-6-13)16(20)25-15-7-4-12(10-14(15)19(21)22)17-23-8-1-9-24-17/h2-7,10,17H,1,8-9H2. The molecule has 1 aliphatic heterocycles. The van der Waals surface area contributed by atoms with Crippen LogP contribution in [0.5, 0.6) is 5.75 Å². The summed E-state index contributed by atoms with van der Waals surface area (Å²) in [7, 11) is 0. The number of nitro benzene ring substituents is 1. The van der Waals surface area contributed by atoms with Crippen LogP contribution in [0.15, 0.2) is 46.9 Å². The summed E-state index contributed by atoms with van der Waals surface area (Å²) in [4.78, 5) is 22.9. The zero-order valence-corrected chi connectivity index (χ0v) is 14.6. The highest BCUT2D eigenvalue weighted by Gasteiger charge is 2.24. The van der Waals surface area contributed by atoms with Crippen LogP contribution in [-0.4, -0.2) is 24.1 Å². The van der Waals surface area contributed by atoms with Crippen molar-refractivity contribution in [1.82, 2.24) is 0 Å². The molecule has 0 bridgehead atoms. The zero-order valence-electron chi connectivity index (χ0n) is 13.0. The number of rotatable bonds is 4. The maximum atomic E-state index is 12.2. The molecule has 8 heteroatoms. The van der Waals surface area contributed by atoms with Gasteiger partial charge in [0.05, 0.1) is 23.7 Å². The van der Waals surface area contributed by atoms with Gasteiger partial charge < -0.3 is 14.2 Å². The van der Waals surface area contributed by atoms with E-state index in [9.17, 15) is 14.9 Å². The van der Waals surface area contributed by atoms with Crippen molar-refractivity contribution in [2.75, 3.05) is 13.2 Å². The molecule has 0 unspecified atom stereocenters. The molecule has 0 spiro atoms. The van der Waals surface area contributed by atoms with Crippen LogP contribution in [0.2, 0.25) is 0 Å². The Hall–Kier alpha value is -2.29. The van der Waals surface area contributed by atoms with Gasteiger partial charge in [0.25, 0.3) is 0 Å². The molecular weight excluding hydrogens is 394 g/mol. The molecule has 0 saturated carbocycles. The van der Waals surface area contributed by atoms with E-state index < -0.39 is 17.2 Å². The molecule has 1 saturated heterocycles. The Morgan fingerprint density at radius 3 is 2.48 bits per heavy atom. The number of carbonyl (C=O) groups excluding carboxylic acids is 1. The van der Waals surface area contributed by atoms with Gasteiger partial charge in [0.2, 0.25) is 5.75 Å². The normalized spacial score (nSPS) is 14.9. The molecule has 2 aromatic rings. The number of halogens is 1. The maximum Gasteiger partial charge on any atom is 0.343 e. The van der Waals surface area contributed by atoms with Gasteiger partial charge in [-0.2, -0.15) is 0 Å². The first-order chi connectivity index (χ1) is 12.0. The number of hydrogen-bond acceptors (Lipinski definition) is 6. The Morgan fingerprint density at radius 1 is 1.16 bits per heavy atom. The van der Waals surface area contributed by atoms with E-state index in [0.717, 1.165) is 10.9 Å². The van der Waals surface area contributed by atoms with Crippen LogP contribution >= 0.6 is 15.9 Å². The molecule has 1 heterocycles. The van der Waals surface area contributed by atoms with Crippen LogP contribution in [0.4, 0.5) is 5.69 Å². The number of nitrogens with zero attached hydrogens (tertiary/aromatic N) is 1. The molecule has 2 aromatic carbocycles. The van der Waals surface area contributed by atoms with E-state index in [-0.39, 0.29) is 11.4 Å². The lowest BCUT2D eigenvalue weighted by molar-refractivity contribution is -0.385. The highest BCUT2D eigenvalue weighted by Crippen LogP contribution is 2.33. The first kappa shape index (κ1) is 17.5. The SMILES string of the molecule is O=C(Oc1ccc(C2OCCCO2)cc1[N+](=O)[O-])c1ccc(Br)cc1. The van der Waals surface area contributed by atoms with Crippen LogP contribution in [-0.2, 0) is 9.47 Å². The monoisotopic (exact) mass is 407 g/mol. The largest absolute Gasteiger partial charge is 0.416 e. The van der Waals surface area contributed by atoms with Crippen molar-refractivity contribution in [3.05, 3.63) is 68.2 Å². The second kappa shape index (κ2) is 7.73. The predicted molar refractivity (Wildman–Crippen MR) is 91.5 cm³/mol. The molecular formula is C17H14BrNO6. The molecule has 0 aromatic heterocycles. The van der Waals surface area contributed by atoms with Crippen molar-refractivity contribution in [3.8, 4) is 5.75 Å². The highest BCUT2D eigenvalue weighted by atomic mass is 79.9. The number of nitro groups is 1. The molecule has 3 rings (SSSR count). The minimum atomic E-state index is -0.673. The summed E-state index contributed by atoms with van der Waals surface area (Å²) in [5.41, 5.74) is 0.482. The van der Waals surface area contributed by atoms with E-state index in [0.29, 0.717) is 24.3 Å². The first-order valence-corrected chi connectivity index (χ1v) is 8.33. The fourth-order valence-electron chi connectivity index (χ4n) is 2.33. The summed E-state index contributed by atoms with van der Waals surface area (Å²) in [5, 5.41) is 11.3. The van der Waals surface area contributed by atoms with Gasteiger partial charge >= 0.3 is 11.7 Å². The molecule has 0 N–H and O–H groups in total. The molecule has 130 valence electrons. The van der Waals surface area contributed by atoms with Crippen LogP contribution < -0.4 is 4.74 Å². The number of esters is 1. The van der Waals surface area contributed by atoms with Crippen molar-refractivity contribution < 1.29 is 23.9 Å². The average Bonchev–Trinajstić information content (AvgIpc) is 2.63. The molecule has 0 amide bonds. The van der Waals surface area contributed by atoms with Crippen LogP contribution in [0.1, 0.15) is 28.6 Å². The van der Waals surface area contributed by atoms with E-state index >= 15 is 0 Å². The predicted octanol–water partition coefficient (Wildman–Crippen LogP) is 4.01. The molecule has 7 nitrogen and oxygen atoms in total. The van der Waals surface area contributed by atoms with E-state index in [4.69, 9.17) is 14.2 Å². The van der Waals surface area contributed by atoms with Gasteiger partial charge in [-0.1, -0.05) is 15.9 Å². The minimum absolute atomic E-state index is 0.127. The summed E-state index contributed by atoms with van der Waals surface area (Å²) < 4.78 is 16.9. The Bertz CT molecular complexity index is 786. The lowest BCUT2D eigenvalue weighted by Crippen LogP contribution is -2.18.